The monoisotopic (exact) mass is 319 g/mol. The summed E-state index contributed by atoms with van der Waals surface area (Å²) in [6.45, 7) is 1.51. The molecule has 8 nitrogen and oxygen atoms in total. The van der Waals surface area contributed by atoms with E-state index >= 15 is 0 Å². The number of benzene rings is 1. The Bertz CT molecular complexity index is 540. The van der Waals surface area contributed by atoms with Gasteiger partial charge in [0.25, 0.3) is 5.69 Å². The van der Waals surface area contributed by atoms with Crippen LogP contribution in [0, 0.1) is 10.1 Å². The average Bonchev–Trinajstić information content (AvgIpc) is 2.44. The predicted molar refractivity (Wildman–Crippen MR) is 71.1 cm³/mol. The summed E-state index contributed by atoms with van der Waals surface area (Å²) in [6, 6.07) is 3.55. The molecule has 3 N–H and O–H groups in total. The summed E-state index contributed by atoms with van der Waals surface area (Å²) in [4.78, 5) is 10.0. The SMILES string of the molecule is C[C@H]1O[C@H](Oc2ccc([N+](=O)[O-])cc2Cl)[C@H](O)[C@@H](O)[C@H]1O. The Labute approximate surface area is 124 Å². The van der Waals surface area contributed by atoms with Crippen molar-refractivity contribution in [1.29, 1.82) is 0 Å². The second-order valence-corrected chi connectivity index (χ2v) is 5.08. The van der Waals surface area contributed by atoms with Crippen molar-refractivity contribution in [2.24, 2.45) is 0 Å². The lowest BCUT2D eigenvalue weighted by Gasteiger charge is -2.38. The number of nitro groups is 1. The van der Waals surface area contributed by atoms with Crippen molar-refractivity contribution in [2.75, 3.05) is 0 Å². The minimum absolute atomic E-state index is 0.0340. The number of aliphatic hydroxyl groups is 3. The molecule has 0 spiro atoms. The van der Waals surface area contributed by atoms with Crippen LogP contribution in [0.3, 0.4) is 0 Å². The first kappa shape index (κ1) is 15.9. The van der Waals surface area contributed by atoms with Crippen LogP contribution in [0.25, 0.3) is 0 Å². The van der Waals surface area contributed by atoms with Gasteiger partial charge in [-0.25, -0.2) is 0 Å². The van der Waals surface area contributed by atoms with Crippen molar-refractivity contribution in [1.82, 2.24) is 0 Å². The van der Waals surface area contributed by atoms with Crippen LogP contribution >= 0.6 is 11.6 Å². The summed E-state index contributed by atoms with van der Waals surface area (Å²) in [5.74, 6) is 0.0575. The number of rotatable bonds is 3. The second kappa shape index (κ2) is 6.12. The highest BCUT2D eigenvalue weighted by Gasteiger charge is 2.43. The molecule has 1 saturated heterocycles. The maximum Gasteiger partial charge on any atom is 0.271 e. The highest BCUT2D eigenvalue weighted by molar-refractivity contribution is 6.32. The number of halogens is 1. The zero-order valence-corrected chi connectivity index (χ0v) is 11.7. The molecular formula is C12H14ClNO7. The van der Waals surface area contributed by atoms with E-state index in [9.17, 15) is 25.4 Å². The van der Waals surface area contributed by atoms with Crippen molar-refractivity contribution < 1.29 is 29.7 Å². The van der Waals surface area contributed by atoms with Gasteiger partial charge in [0, 0.05) is 12.1 Å². The predicted octanol–water partition coefficient (Wildman–Crippen LogP) is 0.454. The Morgan fingerprint density at radius 2 is 1.95 bits per heavy atom. The summed E-state index contributed by atoms with van der Waals surface area (Å²) in [6.07, 6.45) is -6.17. The zero-order chi connectivity index (χ0) is 15.7. The molecule has 1 aliphatic rings. The maximum atomic E-state index is 10.6. The lowest BCUT2D eigenvalue weighted by Crippen LogP contribution is -2.58. The van der Waals surface area contributed by atoms with Gasteiger partial charge in [-0.05, 0) is 13.0 Å². The van der Waals surface area contributed by atoms with Crippen LogP contribution in [-0.2, 0) is 4.74 Å². The van der Waals surface area contributed by atoms with E-state index in [0.717, 1.165) is 6.07 Å². The topological polar surface area (TPSA) is 122 Å². The van der Waals surface area contributed by atoms with Crippen LogP contribution in [0.2, 0.25) is 5.02 Å². The van der Waals surface area contributed by atoms with Gasteiger partial charge in [0.2, 0.25) is 6.29 Å². The molecular weight excluding hydrogens is 306 g/mol. The van der Waals surface area contributed by atoms with Gasteiger partial charge in [0.15, 0.2) is 0 Å². The summed E-state index contributed by atoms with van der Waals surface area (Å²) in [7, 11) is 0. The van der Waals surface area contributed by atoms with E-state index in [1.807, 2.05) is 0 Å². The Hall–Kier alpha value is -1.45. The number of nitro benzene ring substituents is 1. The van der Waals surface area contributed by atoms with Gasteiger partial charge >= 0.3 is 0 Å². The molecule has 2 rings (SSSR count). The van der Waals surface area contributed by atoms with Gasteiger partial charge in [-0.2, -0.15) is 0 Å². The van der Waals surface area contributed by atoms with Crippen molar-refractivity contribution in [3.8, 4) is 5.75 Å². The number of ether oxygens (including phenoxy) is 2. The van der Waals surface area contributed by atoms with E-state index in [1.165, 1.54) is 19.1 Å². The minimum atomic E-state index is -1.48. The Balaban J connectivity index is 2.16. The fourth-order valence-corrected chi connectivity index (χ4v) is 2.15. The standard InChI is InChI=1S/C12H14ClNO7/c1-5-9(15)10(16)11(17)12(20-5)21-8-3-2-6(14(18)19)4-7(8)13/h2-5,9-12,15-17H,1H3/t5-,9+,10+,11-,12-/m1/s1. The fourth-order valence-electron chi connectivity index (χ4n) is 1.93. The van der Waals surface area contributed by atoms with Gasteiger partial charge in [-0.1, -0.05) is 11.6 Å². The Morgan fingerprint density at radius 3 is 2.52 bits per heavy atom. The third kappa shape index (κ3) is 3.25. The zero-order valence-electron chi connectivity index (χ0n) is 10.9. The molecule has 0 radical (unpaired) electrons. The summed E-state index contributed by atoms with van der Waals surface area (Å²) < 4.78 is 10.6. The number of non-ortho nitro benzene ring substituents is 1. The van der Waals surface area contributed by atoms with Gasteiger partial charge in [0.05, 0.1) is 16.0 Å². The highest BCUT2D eigenvalue weighted by Crippen LogP contribution is 2.31. The van der Waals surface area contributed by atoms with Gasteiger partial charge < -0.3 is 24.8 Å². The molecule has 0 saturated carbocycles. The van der Waals surface area contributed by atoms with Crippen molar-refractivity contribution in [3.63, 3.8) is 0 Å². The number of hydrogen-bond acceptors (Lipinski definition) is 7. The molecule has 116 valence electrons. The van der Waals surface area contributed by atoms with Crippen LogP contribution in [0.5, 0.6) is 5.75 Å². The molecule has 1 aliphatic heterocycles. The molecule has 1 aromatic rings. The van der Waals surface area contributed by atoms with E-state index in [1.54, 1.807) is 0 Å². The molecule has 21 heavy (non-hydrogen) atoms. The molecule has 0 amide bonds. The molecule has 0 unspecified atom stereocenters. The lowest BCUT2D eigenvalue weighted by atomic mass is 10.00. The Morgan fingerprint density at radius 1 is 1.29 bits per heavy atom. The molecule has 9 heteroatoms. The minimum Gasteiger partial charge on any atom is -0.460 e. The van der Waals surface area contributed by atoms with E-state index in [2.05, 4.69) is 0 Å². The molecule has 5 atom stereocenters. The first-order chi connectivity index (χ1) is 9.81. The Kier molecular flexibility index (Phi) is 4.64. The van der Waals surface area contributed by atoms with Gasteiger partial charge in [0.1, 0.15) is 24.1 Å². The summed E-state index contributed by atoms with van der Waals surface area (Å²) in [5.41, 5.74) is -0.207. The van der Waals surface area contributed by atoms with E-state index < -0.39 is 35.6 Å². The van der Waals surface area contributed by atoms with E-state index in [-0.39, 0.29) is 16.5 Å². The summed E-state index contributed by atoms with van der Waals surface area (Å²) >= 11 is 5.86. The molecule has 1 fully saturated rings. The third-order valence-corrected chi connectivity index (χ3v) is 3.47. The van der Waals surface area contributed by atoms with Crippen LogP contribution in [0.1, 0.15) is 6.92 Å². The molecule has 0 aromatic heterocycles. The smallest absolute Gasteiger partial charge is 0.271 e. The van der Waals surface area contributed by atoms with Gasteiger partial charge in [-0.15, -0.1) is 0 Å². The molecule has 1 heterocycles. The first-order valence-corrected chi connectivity index (χ1v) is 6.49. The van der Waals surface area contributed by atoms with Crippen molar-refractivity contribution in [3.05, 3.63) is 33.3 Å². The second-order valence-electron chi connectivity index (χ2n) is 4.67. The number of hydrogen-bond donors (Lipinski definition) is 3. The number of nitrogens with zero attached hydrogens (tertiary/aromatic N) is 1. The molecule has 0 aliphatic carbocycles. The van der Waals surface area contributed by atoms with Crippen LogP contribution in [-0.4, -0.2) is 50.9 Å². The molecule has 0 bridgehead atoms. The normalized spacial score (nSPS) is 32.7. The van der Waals surface area contributed by atoms with Crippen LogP contribution in [0.15, 0.2) is 18.2 Å². The van der Waals surface area contributed by atoms with Crippen molar-refractivity contribution in [2.45, 2.75) is 37.6 Å². The number of aliphatic hydroxyl groups excluding tert-OH is 3. The summed E-state index contributed by atoms with van der Waals surface area (Å²) in [5, 5.41) is 39.6. The molecule has 1 aromatic carbocycles. The highest BCUT2D eigenvalue weighted by atomic mass is 35.5. The van der Waals surface area contributed by atoms with Crippen LogP contribution < -0.4 is 4.74 Å². The van der Waals surface area contributed by atoms with Crippen molar-refractivity contribution >= 4 is 17.3 Å². The largest absolute Gasteiger partial charge is 0.460 e. The quantitative estimate of drug-likeness (QED) is 0.546. The average molecular weight is 320 g/mol. The van der Waals surface area contributed by atoms with Gasteiger partial charge in [-0.3, -0.25) is 10.1 Å². The van der Waals surface area contributed by atoms with E-state index in [0.29, 0.717) is 0 Å². The van der Waals surface area contributed by atoms with E-state index in [4.69, 9.17) is 21.1 Å². The fraction of sp³-hybridized carbons (Fsp3) is 0.500. The van der Waals surface area contributed by atoms with Crippen LogP contribution in [0.4, 0.5) is 5.69 Å². The first-order valence-electron chi connectivity index (χ1n) is 6.11. The lowest BCUT2D eigenvalue weighted by molar-refractivity contribution is -0.384. The maximum absolute atomic E-state index is 10.6. The third-order valence-electron chi connectivity index (χ3n) is 3.18.